The highest BCUT2D eigenvalue weighted by molar-refractivity contribution is 7.89. The second-order valence-electron chi connectivity index (χ2n) is 4.14. The molecule has 0 heterocycles. The molecule has 1 unspecified atom stereocenters. The van der Waals surface area contributed by atoms with Crippen LogP contribution in [0.3, 0.4) is 0 Å². The van der Waals surface area contributed by atoms with Crippen molar-refractivity contribution < 1.29 is 13.2 Å². The minimum Gasteiger partial charge on any atom is -0.494 e. The second kappa shape index (κ2) is 7.35. The molecule has 0 fully saturated rings. The van der Waals surface area contributed by atoms with E-state index in [4.69, 9.17) is 15.6 Å². The number of unbranched alkanes of at least 4 members (excludes halogenated alkanes) is 2. The van der Waals surface area contributed by atoms with E-state index in [0.29, 0.717) is 13.0 Å². The number of hydrogen-bond acceptors (Lipinski definition) is 4. The fourth-order valence-electron chi connectivity index (χ4n) is 1.50. The lowest BCUT2D eigenvalue weighted by Crippen LogP contribution is -2.35. The number of hydrogen-bond donors (Lipinski definition) is 2. The Labute approximate surface area is 108 Å². The van der Waals surface area contributed by atoms with Crippen LogP contribution in [0, 0.1) is 0 Å². The molecule has 0 amide bonds. The normalized spacial score (nSPS) is 13.2. The Morgan fingerprint density at radius 2 is 1.78 bits per heavy atom. The number of rotatable bonds is 8. The molecule has 0 aliphatic carbocycles. The standard InChI is InChI=1S/C12H20N2O3S/c13-12(18(14,15)16)9-5-2-6-10-17-11-7-3-1-4-8-11/h1,3-4,7-8,12H,2,5-6,9-10,13H2,(H2,14,15,16). The molecule has 6 heteroatoms. The van der Waals surface area contributed by atoms with Crippen LogP contribution < -0.4 is 15.6 Å². The molecule has 0 bridgehead atoms. The van der Waals surface area contributed by atoms with Crippen molar-refractivity contribution >= 4 is 10.0 Å². The van der Waals surface area contributed by atoms with Crippen molar-refractivity contribution in [2.45, 2.75) is 31.1 Å². The lowest BCUT2D eigenvalue weighted by molar-refractivity contribution is 0.304. The lowest BCUT2D eigenvalue weighted by Gasteiger charge is -2.09. The molecule has 0 aliphatic heterocycles. The Kier molecular flexibility index (Phi) is 6.11. The van der Waals surface area contributed by atoms with Gasteiger partial charge in [-0.25, -0.2) is 13.6 Å². The van der Waals surface area contributed by atoms with Crippen molar-refractivity contribution in [3.63, 3.8) is 0 Å². The Morgan fingerprint density at radius 3 is 2.39 bits per heavy atom. The number of para-hydroxylation sites is 1. The highest BCUT2D eigenvalue weighted by Crippen LogP contribution is 2.10. The highest BCUT2D eigenvalue weighted by Gasteiger charge is 2.14. The van der Waals surface area contributed by atoms with Gasteiger partial charge in [0, 0.05) is 0 Å². The number of ether oxygens (including phenoxy) is 1. The fraction of sp³-hybridized carbons (Fsp3) is 0.500. The maximum atomic E-state index is 10.9. The van der Waals surface area contributed by atoms with Crippen LogP contribution in [0.4, 0.5) is 0 Å². The van der Waals surface area contributed by atoms with Gasteiger partial charge in [0.25, 0.3) is 0 Å². The predicted molar refractivity (Wildman–Crippen MR) is 71.5 cm³/mol. The Morgan fingerprint density at radius 1 is 1.11 bits per heavy atom. The molecule has 0 aromatic heterocycles. The zero-order valence-corrected chi connectivity index (χ0v) is 11.1. The molecule has 1 aromatic carbocycles. The SMILES string of the molecule is NC(CCCCCOc1ccccc1)S(N)(=O)=O. The first kappa shape index (κ1) is 14.9. The molecular weight excluding hydrogens is 252 g/mol. The first-order valence-electron chi connectivity index (χ1n) is 5.95. The molecule has 0 aliphatic rings. The van der Waals surface area contributed by atoms with Gasteiger partial charge >= 0.3 is 0 Å². The molecule has 0 saturated heterocycles. The maximum Gasteiger partial charge on any atom is 0.224 e. The summed E-state index contributed by atoms with van der Waals surface area (Å²) in [6.07, 6.45) is 2.86. The van der Waals surface area contributed by atoms with Crippen molar-refractivity contribution in [2.75, 3.05) is 6.61 Å². The first-order valence-corrected chi connectivity index (χ1v) is 7.56. The third-order valence-corrected chi connectivity index (χ3v) is 3.65. The van der Waals surface area contributed by atoms with Crippen LogP contribution in [0.2, 0.25) is 0 Å². The van der Waals surface area contributed by atoms with E-state index in [1.54, 1.807) is 0 Å². The van der Waals surface area contributed by atoms with E-state index in [9.17, 15) is 8.42 Å². The molecule has 0 spiro atoms. The summed E-state index contributed by atoms with van der Waals surface area (Å²) >= 11 is 0. The summed E-state index contributed by atoms with van der Waals surface area (Å²) in [5.41, 5.74) is 5.41. The van der Waals surface area contributed by atoms with Crippen molar-refractivity contribution in [2.24, 2.45) is 10.9 Å². The molecule has 1 rings (SSSR count). The number of sulfonamides is 1. The number of benzene rings is 1. The van der Waals surface area contributed by atoms with E-state index >= 15 is 0 Å². The van der Waals surface area contributed by atoms with Crippen LogP contribution in [0.15, 0.2) is 30.3 Å². The average Bonchev–Trinajstić information content (AvgIpc) is 2.33. The predicted octanol–water partition coefficient (Wildman–Crippen LogP) is 1.20. The Balaban J connectivity index is 2.06. The second-order valence-corrected chi connectivity index (χ2v) is 5.92. The van der Waals surface area contributed by atoms with E-state index in [0.717, 1.165) is 25.0 Å². The summed E-state index contributed by atoms with van der Waals surface area (Å²) in [6.45, 7) is 0.620. The van der Waals surface area contributed by atoms with Gasteiger partial charge in [0.2, 0.25) is 10.0 Å². The summed E-state index contributed by atoms with van der Waals surface area (Å²) in [5, 5.41) is 3.97. The summed E-state index contributed by atoms with van der Waals surface area (Å²) in [7, 11) is -3.59. The first-order chi connectivity index (χ1) is 8.50. The van der Waals surface area contributed by atoms with Crippen LogP contribution >= 0.6 is 0 Å². The van der Waals surface area contributed by atoms with Gasteiger partial charge in [0.1, 0.15) is 11.1 Å². The average molecular weight is 272 g/mol. The van der Waals surface area contributed by atoms with Crippen molar-refractivity contribution in [3.8, 4) is 5.75 Å². The molecule has 18 heavy (non-hydrogen) atoms. The van der Waals surface area contributed by atoms with E-state index in [1.807, 2.05) is 30.3 Å². The number of nitrogens with two attached hydrogens (primary N) is 2. The van der Waals surface area contributed by atoms with E-state index in [1.165, 1.54) is 0 Å². The van der Waals surface area contributed by atoms with Gasteiger partial charge < -0.3 is 10.5 Å². The van der Waals surface area contributed by atoms with Gasteiger partial charge in [0.15, 0.2) is 0 Å². The highest BCUT2D eigenvalue weighted by atomic mass is 32.2. The fourth-order valence-corrected chi connectivity index (χ4v) is 1.99. The van der Waals surface area contributed by atoms with Crippen molar-refractivity contribution in [1.82, 2.24) is 0 Å². The van der Waals surface area contributed by atoms with E-state index < -0.39 is 15.4 Å². The minimum absolute atomic E-state index is 0.393. The third kappa shape index (κ3) is 6.00. The van der Waals surface area contributed by atoms with Crippen molar-refractivity contribution in [1.29, 1.82) is 0 Å². The van der Waals surface area contributed by atoms with Gasteiger partial charge in [-0.3, -0.25) is 0 Å². The molecule has 0 saturated carbocycles. The Bertz CT molecular complexity index is 434. The van der Waals surface area contributed by atoms with Gasteiger partial charge in [0.05, 0.1) is 6.61 Å². The molecule has 1 atom stereocenters. The molecule has 5 nitrogen and oxygen atoms in total. The van der Waals surface area contributed by atoms with Gasteiger partial charge in [-0.2, -0.15) is 0 Å². The maximum absolute atomic E-state index is 10.9. The minimum atomic E-state index is -3.59. The van der Waals surface area contributed by atoms with Crippen LogP contribution in [0.25, 0.3) is 0 Å². The lowest BCUT2D eigenvalue weighted by atomic mass is 10.2. The summed E-state index contributed by atoms with van der Waals surface area (Å²) in [5.74, 6) is 0.846. The van der Waals surface area contributed by atoms with Crippen LogP contribution in [-0.4, -0.2) is 20.4 Å². The van der Waals surface area contributed by atoms with Crippen molar-refractivity contribution in [3.05, 3.63) is 30.3 Å². The largest absolute Gasteiger partial charge is 0.494 e. The van der Waals surface area contributed by atoms with Crippen LogP contribution in [0.5, 0.6) is 5.75 Å². The number of primary sulfonamides is 1. The zero-order chi connectivity index (χ0) is 13.4. The monoisotopic (exact) mass is 272 g/mol. The van der Waals surface area contributed by atoms with E-state index in [-0.39, 0.29) is 0 Å². The Hall–Kier alpha value is -1.11. The summed E-state index contributed by atoms with van der Waals surface area (Å²) in [4.78, 5) is 0. The molecule has 102 valence electrons. The summed E-state index contributed by atoms with van der Waals surface area (Å²) < 4.78 is 27.2. The molecular formula is C12H20N2O3S. The summed E-state index contributed by atoms with van der Waals surface area (Å²) in [6, 6.07) is 9.57. The quantitative estimate of drug-likeness (QED) is 0.695. The van der Waals surface area contributed by atoms with Gasteiger partial charge in [-0.15, -0.1) is 0 Å². The smallest absolute Gasteiger partial charge is 0.224 e. The third-order valence-electron chi connectivity index (χ3n) is 2.57. The van der Waals surface area contributed by atoms with Crippen LogP contribution in [-0.2, 0) is 10.0 Å². The van der Waals surface area contributed by atoms with Gasteiger partial charge in [-0.05, 0) is 31.4 Å². The van der Waals surface area contributed by atoms with Crippen LogP contribution in [0.1, 0.15) is 25.7 Å². The molecule has 1 aromatic rings. The van der Waals surface area contributed by atoms with Gasteiger partial charge in [-0.1, -0.05) is 24.6 Å². The zero-order valence-electron chi connectivity index (χ0n) is 10.3. The molecule has 0 radical (unpaired) electrons. The van der Waals surface area contributed by atoms with E-state index in [2.05, 4.69) is 0 Å². The molecule has 4 N–H and O–H groups in total. The topological polar surface area (TPSA) is 95.4 Å².